The van der Waals surface area contributed by atoms with Crippen molar-refractivity contribution >= 4 is 0 Å². The van der Waals surface area contributed by atoms with Crippen molar-refractivity contribution in [2.45, 2.75) is 12.4 Å². The molecule has 1 rings (SSSR count). The topological polar surface area (TPSA) is 61.9 Å². The third-order valence-electron chi connectivity index (χ3n) is 1.51. The Balaban J connectivity index is 3.53. The normalized spacial score (nSPS) is 12.9. The SMILES string of the molecule is N=c1nc(C(F)(F)F)cc(C(F)(F)F)n1O. The minimum absolute atomic E-state index is 0.377. The van der Waals surface area contributed by atoms with Crippen LogP contribution in [0.15, 0.2) is 6.07 Å². The first-order valence-corrected chi connectivity index (χ1v) is 3.56. The van der Waals surface area contributed by atoms with E-state index >= 15 is 0 Å². The second kappa shape index (κ2) is 3.39. The number of aromatic nitrogens is 2. The van der Waals surface area contributed by atoms with Gasteiger partial charge in [-0.1, -0.05) is 0 Å². The zero-order valence-electron chi connectivity index (χ0n) is 7.19. The van der Waals surface area contributed by atoms with Gasteiger partial charge < -0.3 is 5.21 Å². The fourth-order valence-corrected chi connectivity index (χ4v) is 0.846. The van der Waals surface area contributed by atoms with Gasteiger partial charge in [0, 0.05) is 6.07 Å². The first kappa shape index (κ1) is 12.3. The maximum absolute atomic E-state index is 12.1. The number of halogens is 6. The van der Waals surface area contributed by atoms with E-state index in [1.165, 1.54) is 0 Å². The fourth-order valence-electron chi connectivity index (χ4n) is 0.846. The molecule has 0 fully saturated rings. The number of nitrogens with one attached hydrogen (secondary N) is 1. The predicted molar refractivity (Wildman–Crippen MR) is 35.3 cm³/mol. The van der Waals surface area contributed by atoms with Gasteiger partial charge in [-0.2, -0.15) is 26.3 Å². The molecule has 0 radical (unpaired) electrons. The lowest BCUT2D eigenvalue weighted by Crippen LogP contribution is -2.31. The molecule has 1 aromatic rings. The quantitative estimate of drug-likeness (QED) is 0.540. The van der Waals surface area contributed by atoms with E-state index in [9.17, 15) is 26.3 Å². The summed E-state index contributed by atoms with van der Waals surface area (Å²) in [5.74, 6) is 0. The van der Waals surface area contributed by atoms with Crippen molar-refractivity contribution in [3.05, 3.63) is 23.1 Å². The summed E-state index contributed by atoms with van der Waals surface area (Å²) in [6.07, 6.45) is -10.3. The molecule has 4 nitrogen and oxygen atoms in total. The highest BCUT2D eigenvalue weighted by Gasteiger charge is 2.40. The van der Waals surface area contributed by atoms with Gasteiger partial charge in [-0.3, -0.25) is 5.41 Å². The molecule has 0 aliphatic heterocycles. The van der Waals surface area contributed by atoms with Gasteiger partial charge in [0.1, 0.15) is 0 Å². The molecule has 10 heteroatoms. The van der Waals surface area contributed by atoms with Crippen molar-refractivity contribution < 1.29 is 31.5 Å². The minimum atomic E-state index is -5.21. The van der Waals surface area contributed by atoms with Crippen molar-refractivity contribution in [1.29, 1.82) is 5.41 Å². The van der Waals surface area contributed by atoms with E-state index in [2.05, 4.69) is 4.98 Å². The van der Waals surface area contributed by atoms with Crippen molar-refractivity contribution in [2.24, 2.45) is 0 Å². The Kier molecular flexibility index (Phi) is 2.61. The summed E-state index contributed by atoms with van der Waals surface area (Å²) in [5.41, 5.74) is -5.46. The molecule has 2 N–H and O–H groups in total. The lowest BCUT2D eigenvalue weighted by molar-refractivity contribution is -0.156. The lowest BCUT2D eigenvalue weighted by atomic mass is 10.3. The highest BCUT2D eigenvalue weighted by Crippen LogP contribution is 2.32. The van der Waals surface area contributed by atoms with Crippen LogP contribution < -0.4 is 5.62 Å². The number of hydrogen-bond acceptors (Lipinski definition) is 3. The van der Waals surface area contributed by atoms with Crippen molar-refractivity contribution in [3.63, 3.8) is 0 Å². The van der Waals surface area contributed by atoms with Gasteiger partial charge in [0.25, 0.3) is 5.62 Å². The first-order valence-electron chi connectivity index (χ1n) is 3.56. The van der Waals surface area contributed by atoms with Crippen molar-refractivity contribution in [3.8, 4) is 0 Å². The van der Waals surface area contributed by atoms with Crippen molar-refractivity contribution in [2.75, 3.05) is 0 Å². The van der Waals surface area contributed by atoms with E-state index in [1.807, 2.05) is 0 Å². The molecule has 0 bridgehead atoms. The van der Waals surface area contributed by atoms with Gasteiger partial charge in [-0.05, 0) is 0 Å². The molecular weight excluding hydrogens is 244 g/mol. The van der Waals surface area contributed by atoms with Crippen LogP contribution in [0.2, 0.25) is 0 Å². The molecule has 0 unspecified atom stereocenters. The van der Waals surface area contributed by atoms with Crippen LogP contribution in [0.25, 0.3) is 0 Å². The van der Waals surface area contributed by atoms with Crippen LogP contribution in [-0.4, -0.2) is 14.9 Å². The zero-order chi connectivity index (χ0) is 12.7. The van der Waals surface area contributed by atoms with E-state index in [0.29, 0.717) is 0 Å². The van der Waals surface area contributed by atoms with Crippen LogP contribution in [-0.2, 0) is 12.4 Å². The number of hydrogen-bond donors (Lipinski definition) is 2. The summed E-state index contributed by atoms with van der Waals surface area (Å²) in [6, 6.07) is -0.377. The maximum Gasteiger partial charge on any atom is 0.434 e. The van der Waals surface area contributed by atoms with Crippen LogP contribution in [0.4, 0.5) is 26.3 Å². The van der Waals surface area contributed by atoms with Gasteiger partial charge in [0.2, 0.25) is 0 Å². The summed E-state index contributed by atoms with van der Waals surface area (Å²) < 4.78 is 71.8. The summed E-state index contributed by atoms with van der Waals surface area (Å²) in [5, 5.41) is 15.4. The summed E-state index contributed by atoms with van der Waals surface area (Å²) in [4.78, 5) is 2.47. The molecule has 0 saturated carbocycles. The molecule has 0 aliphatic carbocycles. The van der Waals surface area contributed by atoms with Gasteiger partial charge in [-0.25, -0.2) is 4.98 Å². The average Bonchev–Trinajstić information content (AvgIpc) is 2.05. The molecule has 0 aliphatic rings. The molecule has 1 heterocycles. The summed E-state index contributed by atoms with van der Waals surface area (Å²) in [6.45, 7) is 0. The van der Waals surface area contributed by atoms with Crippen molar-refractivity contribution in [1.82, 2.24) is 9.71 Å². The van der Waals surface area contributed by atoms with E-state index in [0.717, 1.165) is 0 Å². The largest absolute Gasteiger partial charge is 0.434 e. The number of alkyl halides is 6. The van der Waals surface area contributed by atoms with Gasteiger partial charge in [0.05, 0.1) is 0 Å². The smallest absolute Gasteiger partial charge is 0.425 e. The average molecular weight is 247 g/mol. The van der Waals surface area contributed by atoms with Crippen LogP contribution in [0.5, 0.6) is 0 Å². The Labute approximate surface area is 83.2 Å². The van der Waals surface area contributed by atoms with Crippen LogP contribution in [0, 0.1) is 5.41 Å². The van der Waals surface area contributed by atoms with Gasteiger partial charge in [-0.15, -0.1) is 4.73 Å². The van der Waals surface area contributed by atoms with E-state index < -0.39 is 34.1 Å². The Morgan fingerprint density at radius 3 is 2.00 bits per heavy atom. The Morgan fingerprint density at radius 1 is 1.12 bits per heavy atom. The van der Waals surface area contributed by atoms with Crippen LogP contribution in [0.1, 0.15) is 11.4 Å². The third kappa shape index (κ3) is 2.25. The third-order valence-corrected chi connectivity index (χ3v) is 1.51. The minimum Gasteiger partial charge on any atom is -0.425 e. The Hall–Kier alpha value is -1.74. The molecule has 16 heavy (non-hydrogen) atoms. The molecule has 0 atom stereocenters. The lowest BCUT2D eigenvalue weighted by Gasteiger charge is -2.12. The second-order valence-corrected chi connectivity index (χ2v) is 2.66. The molecule has 90 valence electrons. The summed E-state index contributed by atoms with van der Waals surface area (Å²) in [7, 11) is 0. The first-order chi connectivity index (χ1) is 7.03. The maximum atomic E-state index is 12.1. The standard InChI is InChI=1S/C6H3F6N3O/c7-5(8,9)2-1-3(6(10,11)12)15(16)4(13)14-2/h1,13,16H. The van der Waals surface area contributed by atoms with Gasteiger partial charge >= 0.3 is 12.4 Å². The van der Waals surface area contributed by atoms with Crippen LogP contribution >= 0.6 is 0 Å². The number of nitrogens with zero attached hydrogens (tertiary/aromatic N) is 2. The van der Waals surface area contributed by atoms with E-state index in [-0.39, 0.29) is 6.07 Å². The zero-order valence-corrected chi connectivity index (χ0v) is 7.19. The molecule has 0 saturated heterocycles. The Bertz CT molecular complexity index is 459. The Morgan fingerprint density at radius 2 is 1.62 bits per heavy atom. The molecule has 1 aromatic heterocycles. The monoisotopic (exact) mass is 247 g/mol. The highest BCUT2D eigenvalue weighted by molar-refractivity contribution is 5.14. The van der Waals surface area contributed by atoms with Gasteiger partial charge in [0.15, 0.2) is 11.4 Å². The second-order valence-electron chi connectivity index (χ2n) is 2.66. The molecular formula is C6H3F6N3O. The van der Waals surface area contributed by atoms with E-state index in [1.54, 1.807) is 0 Å². The molecule has 0 amide bonds. The number of rotatable bonds is 0. The van der Waals surface area contributed by atoms with Crippen LogP contribution in [0.3, 0.4) is 0 Å². The van der Waals surface area contributed by atoms with E-state index in [4.69, 9.17) is 10.6 Å². The molecule has 0 spiro atoms. The molecule has 0 aromatic carbocycles. The fraction of sp³-hybridized carbons (Fsp3) is 0.333. The highest BCUT2D eigenvalue weighted by atomic mass is 19.4. The predicted octanol–water partition coefficient (Wildman–Crippen LogP) is 1.64. The summed E-state index contributed by atoms with van der Waals surface area (Å²) >= 11 is 0.